The molecule has 1 unspecified atom stereocenters. The Morgan fingerprint density at radius 1 is 1.33 bits per heavy atom. The van der Waals surface area contributed by atoms with Crippen molar-refractivity contribution in [3.05, 3.63) is 5.82 Å². The molecule has 0 aliphatic carbocycles. The molecule has 0 amide bonds. The number of aromatic nitrogens is 3. The van der Waals surface area contributed by atoms with Gasteiger partial charge in [0.15, 0.2) is 0 Å². The van der Waals surface area contributed by atoms with Crippen molar-refractivity contribution in [1.82, 2.24) is 14.8 Å². The monoisotopic (exact) mass is 337 g/mol. The summed E-state index contributed by atoms with van der Waals surface area (Å²) in [5.41, 5.74) is 0.207. The molecule has 0 N–H and O–H groups in total. The number of hydrogen-bond donors (Lipinski definition) is 0. The molecule has 0 bridgehead atoms. The first-order valence-electron chi connectivity index (χ1n) is 6.90. The molecule has 122 valence electrons. The SMILES string of the molecule is COCCn1c(CC(C)CC(C)(C)C)nnc1S(=O)(=O)Cl. The van der Waals surface area contributed by atoms with Gasteiger partial charge in [-0.05, 0) is 17.8 Å². The number of nitrogens with zero attached hydrogens (tertiary/aromatic N) is 3. The molecule has 0 saturated carbocycles. The van der Waals surface area contributed by atoms with Crippen molar-refractivity contribution in [2.75, 3.05) is 13.7 Å². The van der Waals surface area contributed by atoms with E-state index >= 15 is 0 Å². The smallest absolute Gasteiger partial charge is 0.296 e. The average molecular weight is 338 g/mol. The molecule has 21 heavy (non-hydrogen) atoms. The summed E-state index contributed by atoms with van der Waals surface area (Å²) in [5.74, 6) is 0.990. The molecule has 8 heteroatoms. The lowest BCUT2D eigenvalue weighted by Crippen LogP contribution is -2.17. The molecule has 0 aromatic carbocycles. The van der Waals surface area contributed by atoms with Crippen LogP contribution in [0.25, 0.3) is 0 Å². The number of methoxy groups -OCH3 is 1. The fraction of sp³-hybridized carbons (Fsp3) is 0.846. The minimum Gasteiger partial charge on any atom is -0.383 e. The van der Waals surface area contributed by atoms with Gasteiger partial charge in [0.2, 0.25) is 0 Å². The summed E-state index contributed by atoms with van der Waals surface area (Å²) in [6.45, 7) is 9.38. The summed E-state index contributed by atoms with van der Waals surface area (Å²) in [6.07, 6.45) is 1.66. The first-order chi connectivity index (χ1) is 9.54. The van der Waals surface area contributed by atoms with Crippen LogP contribution >= 0.6 is 10.7 Å². The van der Waals surface area contributed by atoms with Crippen LogP contribution in [0.15, 0.2) is 5.16 Å². The lowest BCUT2D eigenvalue weighted by Gasteiger charge is -2.23. The summed E-state index contributed by atoms with van der Waals surface area (Å²) in [4.78, 5) is 0. The van der Waals surface area contributed by atoms with Crippen molar-refractivity contribution in [3.63, 3.8) is 0 Å². The number of hydrogen-bond acceptors (Lipinski definition) is 5. The van der Waals surface area contributed by atoms with Gasteiger partial charge in [0.1, 0.15) is 5.82 Å². The number of rotatable bonds is 7. The summed E-state index contributed by atoms with van der Waals surface area (Å²) in [6, 6.07) is 0. The van der Waals surface area contributed by atoms with E-state index in [0.717, 1.165) is 6.42 Å². The van der Waals surface area contributed by atoms with E-state index in [1.807, 2.05) is 0 Å². The van der Waals surface area contributed by atoms with Gasteiger partial charge in [-0.25, -0.2) is 8.42 Å². The summed E-state index contributed by atoms with van der Waals surface area (Å²) in [5, 5.41) is 7.52. The lowest BCUT2D eigenvalue weighted by molar-refractivity contribution is 0.183. The van der Waals surface area contributed by atoms with Gasteiger partial charge in [-0.1, -0.05) is 27.7 Å². The van der Waals surface area contributed by atoms with Gasteiger partial charge in [-0.15, -0.1) is 10.2 Å². The molecule has 0 spiro atoms. The summed E-state index contributed by atoms with van der Waals surface area (Å²) < 4.78 is 29.6. The molecule has 0 fully saturated rings. The van der Waals surface area contributed by atoms with Crippen molar-refractivity contribution < 1.29 is 13.2 Å². The highest BCUT2D eigenvalue weighted by Gasteiger charge is 2.24. The van der Waals surface area contributed by atoms with Gasteiger partial charge in [0.25, 0.3) is 14.2 Å². The molecule has 0 aliphatic rings. The van der Waals surface area contributed by atoms with Crippen LogP contribution in [0.3, 0.4) is 0 Å². The zero-order valence-electron chi connectivity index (χ0n) is 13.3. The second-order valence-corrected chi connectivity index (χ2v) is 9.01. The highest BCUT2D eigenvalue weighted by atomic mass is 35.7. The minimum absolute atomic E-state index is 0.207. The predicted molar refractivity (Wildman–Crippen MR) is 81.9 cm³/mol. The average Bonchev–Trinajstić information content (AvgIpc) is 2.66. The zero-order chi connectivity index (χ0) is 16.3. The molecular formula is C13H24ClN3O3S. The number of halogens is 1. The van der Waals surface area contributed by atoms with Crippen molar-refractivity contribution in [3.8, 4) is 0 Å². The van der Waals surface area contributed by atoms with Crippen LogP contribution in [0, 0.1) is 11.3 Å². The van der Waals surface area contributed by atoms with Gasteiger partial charge < -0.3 is 4.74 Å². The third kappa shape index (κ3) is 5.92. The molecule has 6 nitrogen and oxygen atoms in total. The van der Waals surface area contributed by atoms with E-state index in [1.165, 1.54) is 4.57 Å². The highest BCUT2D eigenvalue weighted by molar-refractivity contribution is 8.13. The van der Waals surface area contributed by atoms with E-state index in [4.69, 9.17) is 15.4 Å². The Morgan fingerprint density at radius 3 is 2.43 bits per heavy atom. The van der Waals surface area contributed by atoms with E-state index in [2.05, 4.69) is 37.9 Å². The molecule has 0 radical (unpaired) electrons. The maximum atomic E-state index is 11.5. The van der Waals surface area contributed by atoms with Crippen LogP contribution in [0.1, 0.15) is 39.9 Å². The van der Waals surface area contributed by atoms with Crippen molar-refractivity contribution in [2.45, 2.75) is 52.2 Å². The first kappa shape index (κ1) is 18.4. The van der Waals surface area contributed by atoms with Crippen LogP contribution in [-0.4, -0.2) is 36.9 Å². The fourth-order valence-electron chi connectivity index (χ4n) is 2.49. The van der Waals surface area contributed by atoms with Crippen LogP contribution in [0.5, 0.6) is 0 Å². The van der Waals surface area contributed by atoms with E-state index < -0.39 is 9.05 Å². The van der Waals surface area contributed by atoms with Gasteiger partial charge in [0, 0.05) is 30.8 Å². The topological polar surface area (TPSA) is 74.1 Å². The molecule has 1 atom stereocenters. The Kier molecular flexibility index (Phi) is 6.19. The van der Waals surface area contributed by atoms with Crippen molar-refractivity contribution in [1.29, 1.82) is 0 Å². The van der Waals surface area contributed by atoms with Gasteiger partial charge in [-0.2, -0.15) is 0 Å². The van der Waals surface area contributed by atoms with Crippen LogP contribution in [0.4, 0.5) is 0 Å². The maximum Gasteiger partial charge on any atom is 0.296 e. The Balaban J connectivity index is 2.99. The summed E-state index contributed by atoms with van der Waals surface area (Å²) >= 11 is 0. The normalized spacial score (nSPS) is 14.4. The minimum atomic E-state index is -3.91. The van der Waals surface area contributed by atoms with E-state index in [-0.39, 0.29) is 10.6 Å². The predicted octanol–water partition coefficient (Wildman–Crippen LogP) is 2.47. The molecule has 1 rings (SSSR count). The largest absolute Gasteiger partial charge is 0.383 e. The van der Waals surface area contributed by atoms with E-state index in [0.29, 0.717) is 31.3 Å². The maximum absolute atomic E-state index is 11.5. The molecular weight excluding hydrogens is 314 g/mol. The van der Waals surface area contributed by atoms with Crippen molar-refractivity contribution >= 4 is 19.7 Å². The second kappa shape index (κ2) is 7.07. The summed E-state index contributed by atoms with van der Waals surface area (Å²) in [7, 11) is 3.06. The lowest BCUT2D eigenvalue weighted by atomic mass is 9.84. The van der Waals surface area contributed by atoms with E-state index in [9.17, 15) is 8.42 Å². The Labute approximate surface area is 131 Å². The third-order valence-corrected chi connectivity index (χ3v) is 4.17. The quantitative estimate of drug-likeness (QED) is 0.714. The number of ether oxygens (including phenoxy) is 1. The molecule has 1 aromatic rings. The van der Waals surface area contributed by atoms with Crippen LogP contribution in [-0.2, 0) is 26.8 Å². The third-order valence-electron chi connectivity index (χ3n) is 3.02. The molecule has 0 saturated heterocycles. The standard InChI is InChI=1S/C13H24ClN3O3S/c1-10(9-13(2,3)4)8-11-15-16-12(21(14,18)19)17(11)6-7-20-5/h10H,6-9H2,1-5H3. The van der Waals surface area contributed by atoms with Gasteiger partial charge in [-0.3, -0.25) is 4.57 Å². The Bertz CT molecular complexity index is 564. The molecule has 1 aromatic heterocycles. The fourth-order valence-corrected chi connectivity index (χ4v) is 3.43. The molecule has 0 aliphatic heterocycles. The second-order valence-electron chi connectivity index (χ2n) is 6.56. The van der Waals surface area contributed by atoms with Crippen molar-refractivity contribution in [2.24, 2.45) is 11.3 Å². The van der Waals surface area contributed by atoms with E-state index in [1.54, 1.807) is 7.11 Å². The van der Waals surface area contributed by atoms with Gasteiger partial charge in [0.05, 0.1) is 6.61 Å². The van der Waals surface area contributed by atoms with Crippen LogP contribution < -0.4 is 0 Å². The highest BCUT2D eigenvalue weighted by Crippen LogP contribution is 2.26. The van der Waals surface area contributed by atoms with Gasteiger partial charge >= 0.3 is 0 Å². The molecule has 1 heterocycles. The Hall–Kier alpha value is -0.660. The first-order valence-corrected chi connectivity index (χ1v) is 9.21. The van der Waals surface area contributed by atoms with Crippen LogP contribution in [0.2, 0.25) is 0 Å². The zero-order valence-corrected chi connectivity index (χ0v) is 14.8. The Morgan fingerprint density at radius 2 is 1.95 bits per heavy atom.